The third kappa shape index (κ3) is 3.02. The molecule has 0 heterocycles. The molecule has 0 saturated heterocycles. The lowest BCUT2D eigenvalue weighted by Gasteiger charge is -2.21. The highest BCUT2D eigenvalue weighted by Crippen LogP contribution is 2.07. The fraction of sp³-hybridized carbons (Fsp3) is 0.889. The average molecular weight is 157 g/mol. The van der Waals surface area contributed by atoms with Gasteiger partial charge in [-0.05, 0) is 27.4 Å². The Balaban J connectivity index is 4.02. The molecule has 0 aliphatic rings. The van der Waals surface area contributed by atoms with Crippen molar-refractivity contribution in [2.45, 2.75) is 33.2 Å². The highest BCUT2D eigenvalue weighted by molar-refractivity contribution is 5.85. The molecule has 0 spiro atoms. The molecule has 0 aromatic rings. The van der Waals surface area contributed by atoms with Gasteiger partial charge in [0.1, 0.15) is 0 Å². The Morgan fingerprint density at radius 1 is 1.36 bits per heavy atom. The van der Waals surface area contributed by atoms with Crippen LogP contribution in [0, 0.1) is 5.92 Å². The predicted molar refractivity (Wildman–Crippen MR) is 47.6 cm³/mol. The first kappa shape index (κ1) is 10.6. The Morgan fingerprint density at radius 3 is 2.09 bits per heavy atom. The van der Waals surface area contributed by atoms with E-state index in [4.69, 9.17) is 0 Å². The van der Waals surface area contributed by atoms with E-state index >= 15 is 0 Å². The quantitative estimate of drug-likeness (QED) is 0.617. The molecule has 2 nitrogen and oxygen atoms in total. The number of carbonyl (C=O) groups is 1. The van der Waals surface area contributed by atoms with Crippen LogP contribution in [-0.4, -0.2) is 30.8 Å². The molecule has 0 aliphatic heterocycles. The zero-order valence-corrected chi connectivity index (χ0v) is 8.22. The van der Waals surface area contributed by atoms with E-state index in [9.17, 15) is 4.79 Å². The van der Waals surface area contributed by atoms with Crippen LogP contribution in [0.4, 0.5) is 0 Å². The van der Waals surface area contributed by atoms with Gasteiger partial charge in [0.15, 0.2) is 5.78 Å². The molecule has 11 heavy (non-hydrogen) atoms. The van der Waals surface area contributed by atoms with Gasteiger partial charge in [-0.15, -0.1) is 0 Å². The fourth-order valence-corrected chi connectivity index (χ4v) is 0.867. The van der Waals surface area contributed by atoms with Gasteiger partial charge in [0, 0.05) is 5.92 Å². The van der Waals surface area contributed by atoms with E-state index in [1.54, 1.807) is 0 Å². The smallest absolute Gasteiger partial charge is 0.152 e. The fourth-order valence-electron chi connectivity index (χ4n) is 0.867. The van der Waals surface area contributed by atoms with Gasteiger partial charge in [-0.3, -0.25) is 9.69 Å². The SMILES string of the molecule is CCC(C)C(=O)C(C)N(C)C. The maximum absolute atomic E-state index is 11.5. The summed E-state index contributed by atoms with van der Waals surface area (Å²) in [7, 11) is 3.87. The predicted octanol–water partition coefficient (Wildman–Crippen LogP) is 1.55. The van der Waals surface area contributed by atoms with E-state index in [1.807, 2.05) is 39.8 Å². The van der Waals surface area contributed by atoms with Gasteiger partial charge in [-0.1, -0.05) is 13.8 Å². The first-order chi connectivity index (χ1) is 5.00. The molecular weight excluding hydrogens is 138 g/mol. The third-order valence-electron chi connectivity index (χ3n) is 2.28. The molecule has 66 valence electrons. The molecular formula is C9H19NO. The Morgan fingerprint density at radius 2 is 1.82 bits per heavy atom. The van der Waals surface area contributed by atoms with Crippen molar-refractivity contribution in [1.82, 2.24) is 4.90 Å². The number of likely N-dealkylation sites (N-methyl/N-ethyl adjacent to an activating group) is 1. The summed E-state index contributed by atoms with van der Waals surface area (Å²) in [6.07, 6.45) is 0.941. The summed E-state index contributed by atoms with van der Waals surface area (Å²) in [6, 6.07) is 0.0601. The van der Waals surface area contributed by atoms with E-state index in [-0.39, 0.29) is 12.0 Å². The molecule has 2 unspecified atom stereocenters. The topological polar surface area (TPSA) is 20.3 Å². The lowest BCUT2D eigenvalue weighted by atomic mass is 9.98. The van der Waals surface area contributed by atoms with E-state index in [0.717, 1.165) is 6.42 Å². The zero-order chi connectivity index (χ0) is 9.02. The molecule has 0 aliphatic carbocycles. The van der Waals surface area contributed by atoms with Crippen LogP contribution < -0.4 is 0 Å². The van der Waals surface area contributed by atoms with Crippen molar-refractivity contribution in [3.8, 4) is 0 Å². The first-order valence-corrected chi connectivity index (χ1v) is 4.20. The lowest BCUT2D eigenvalue weighted by molar-refractivity contribution is -0.126. The third-order valence-corrected chi connectivity index (χ3v) is 2.28. The van der Waals surface area contributed by atoms with Crippen molar-refractivity contribution in [2.24, 2.45) is 5.92 Å². The molecule has 0 bridgehead atoms. The van der Waals surface area contributed by atoms with Crippen LogP contribution in [0.15, 0.2) is 0 Å². The largest absolute Gasteiger partial charge is 0.300 e. The van der Waals surface area contributed by atoms with E-state index < -0.39 is 0 Å². The maximum atomic E-state index is 11.5. The summed E-state index contributed by atoms with van der Waals surface area (Å²) in [5.74, 6) is 0.546. The molecule has 0 radical (unpaired) electrons. The van der Waals surface area contributed by atoms with Crippen LogP contribution in [0.1, 0.15) is 27.2 Å². The van der Waals surface area contributed by atoms with Crippen LogP contribution in [0.25, 0.3) is 0 Å². The number of ketones is 1. The molecule has 0 aromatic heterocycles. The van der Waals surface area contributed by atoms with Crippen molar-refractivity contribution >= 4 is 5.78 Å². The minimum absolute atomic E-state index is 0.0601. The minimum atomic E-state index is 0.0601. The number of rotatable bonds is 4. The van der Waals surface area contributed by atoms with Gasteiger partial charge in [-0.25, -0.2) is 0 Å². The lowest BCUT2D eigenvalue weighted by Crippen LogP contribution is -2.36. The highest BCUT2D eigenvalue weighted by Gasteiger charge is 2.19. The monoisotopic (exact) mass is 157 g/mol. The van der Waals surface area contributed by atoms with Crippen molar-refractivity contribution < 1.29 is 4.79 Å². The number of hydrogen-bond acceptors (Lipinski definition) is 2. The molecule has 2 heteroatoms. The van der Waals surface area contributed by atoms with Crippen molar-refractivity contribution in [1.29, 1.82) is 0 Å². The zero-order valence-electron chi connectivity index (χ0n) is 8.22. The number of carbonyl (C=O) groups excluding carboxylic acids is 1. The van der Waals surface area contributed by atoms with Gasteiger partial charge in [0.25, 0.3) is 0 Å². The molecule has 0 saturated carbocycles. The maximum Gasteiger partial charge on any atom is 0.152 e. The van der Waals surface area contributed by atoms with Crippen molar-refractivity contribution in [2.75, 3.05) is 14.1 Å². The van der Waals surface area contributed by atoms with Crippen LogP contribution in [0.2, 0.25) is 0 Å². The average Bonchev–Trinajstić information content (AvgIpc) is 2.00. The van der Waals surface area contributed by atoms with Crippen LogP contribution >= 0.6 is 0 Å². The summed E-state index contributed by atoms with van der Waals surface area (Å²) < 4.78 is 0. The summed E-state index contributed by atoms with van der Waals surface area (Å²) in [5, 5.41) is 0. The van der Waals surface area contributed by atoms with Crippen LogP contribution in [0.3, 0.4) is 0 Å². The second-order valence-electron chi connectivity index (χ2n) is 3.35. The first-order valence-electron chi connectivity index (χ1n) is 4.20. The van der Waals surface area contributed by atoms with Crippen molar-refractivity contribution in [3.63, 3.8) is 0 Å². The van der Waals surface area contributed by atoms with Crippen LogP contribution in [0.5, 0.6) is 0 Å². The molecule has 0 amide bonds. The summed E-state index contributed by atoms with van der Waals surface area (Å²) >= 11 is 0. The van der Waals surface area contributed by atoms with Crippen LogP contribution in [-0.2, 0) is 4.79 Å². The number of Topliss-reactive ketones (excluding diaryl/α,β-unsaturated/α-hetero) is 1. The normalized spacial score (nSPS) is 16.5. The van der Waals surface area contributed by atoms with Crippen molar-refractivity contribution in [3.05, 3.63) is 0 Å². The van der Waals surface area contributed by atoms with Gasteiger partial charge in [-0.2, -0.15) is 0 Å². The highest BCUT2D eigenvalue weighted by atomic mass is 16.1. The molecule has 0 fully saturated rings. The van der Waals surface area contributed by atoms with E-state index in [0.29, 0.717) is 5.78 Å². The minimum Gasteiger partial charge on any atom is -0.300 e. The Labute approximate surface area is 69.6 Å². The summed E-state index contributed by atoms with van der Waals surface area (Å²) in [4.78, 5) is 13.4. The molecule has 0 rings (SSSR count). The number of nitrogens with zero attached hydrogens (tertiary/aromatic N) is 1. The van der Waals surface area contributed by atoms with E-state index in [1.165, 1.54) is 0 Å². The Bertz CT molecular complexity index is 132. The second-order valence-corrected chi connectivity index (χ2v) is 3.35. The summed E-state index contributed by atoms with van der Waals surface area (Å²) in [6.45, 7) is 5.99. The molecule has 0 N–H and O–H groups in total. The van der Waals surface area contributed by atoms with E-state index in [2.05, 4.69) is 0 Å². The Hall–Kier alpha value is -0.370. The second kappa shape index (κ2) is 4.50. The van der Waals surface area contributed by atoms with Gasteiger partial charge in [0.05, 0.1) is 6.04 Å². The summed E-state index contributed by atoms with van der Waals surface area (Å²) in [5.41, 5.74) is 0. The standard InChI is InChI=1S/C9H19NO/c1-6-7(2)9(11)8(3)10(4)5/h7-8H,6H2,1-5H3. The van der Waals surface area contributed by atoms with Gasteiger partial charge >= 0.3 is 0 Å². The Kier molecular flexibility index (Phi) is 4.34. The van der Waals surface area contributed by atoms with Gasteiger partial charge in [0.2, 0.25) is 0 Å². The van der Waals surface area contributed by atoms with Gasteiger partial charge < -0.3 is 0 Å². The molecule has 2 atom stereocenters. The number of hydrogen-bond donors (Lipinski definition) is 0. The molecule has 0 aromatic carbocycles.